The summed E-state index contributed by atoms with van der Waals surface area (Å²) in [4.78, 5) is 23.1. The van der Waals surface area contributed by atoms with E-state index in [0.717, 1.165) is 44.2 Å². The molecular weight excluding hydrogens is 416 g/mol. The average molecular weight is 443 g/mol. The molecule has 1 aromatic heterocycles. The van der Waals surface area contributed by atoms with Crippen molar-refractivity contribution < 1.29 is 17.9 Å². The molecular formula is C22H26N4O4S. The summed E-state index contributed by atoms with van der Waals surface area (Å²) in [5, 5.41) is 2.78. The van der Waals surface area contributed by atoms with Crippen LogP contribution < -0.4 is 10.2 Å². The lowest BCUT2D eigenvalue weighted by molar-refractivity contribution is -0.113. The van der Waals surface area contributed by atoms with Crippen LogP contribution in [0.15, 0.2) is 23.5 Å². The number of fused-ring (bicyclic) bond motifs is 2. The number of sulfone groups is 1. The SMILES string of the molecule is O=C(CS(=O)(=O)c1cncc(N2CCOCC2)n1)Nc1c2c(cc3c1CCC3)CCC2. The zero-order valence-electron chi connectivity index (χ0n) is 17.4. The third-order valence-corrected chi connectivity index (χ3v) is 7.79. The van der Waals surface area contributed by atoms with E-state index in [0.29, 0.717) is 32.1 Å². The molecule has 0 saturated carbocycles. The summed E-state index contributed by atoms with van der Waals surface area (Å²) >= 11 is 0. The van der Waals surface area contributed by atoms with Gasteiger partial charge in [0.15, 0.2) is 5.03 Å². The summed E-state index contributed by atoms with van der Waals surface area (Å²) in [5.41, 5.74) is 5.81. The van der Waals surface area contributed by atoms with E-state index in [4.69, 9.17) is 4.74 Å². The zero-order chi connectivity index (χ0) is 21.4. The Kier molecular flexibility index (Phi) is 5.39. The molecule has 2 aliphatic carbocycles. The van der Waals surface area contributed by atoms with Crippen molar-refractivity contribution in [2.75, 3.05) is 42.3 Å². The summed E-state index contributed by atoms with van der Waals surface area (Å²) in [6.45, 7) is 2.38. The average Bonchev–Trinajstić information content (AvgIpc) is 3.43. The Hall–Kier alpha value is -2.52. The normalized spacial score (nSPS) is 18.0. The summed E-state index contributed by atoms with van der Waals surface area (Å²) in [6, 6.07) is 2.28. The molecule has 8 nitrogen and oxygen atoms in total. The molecule has 9 heteroatoms. The van der Waals surface area contributed by atoms with Crippen LogP contribution in [0.25, 0.3) is 0 Å². The van der Waals surface area contributed by atoms with Gasteiger partial charge in [-0.3, -0.25) is 9.78 Å². The molecule has 0 unspecified atom stereocenters. The van der Waals surface area contributed by atoms with Gasteiger partial charge in [-0.25, -0.2) is 13.4 Å². The minimum Gasteiger partial charge on any atom is -0.378 e. The number of nitrogens with one attached hydrogen (secondary N) is 1. The van der Waals surface area contributed by atoms with Crippen molar-refractivity contribution in [1.29, 1.82) is 0 Å². The maximum absolute atomic E-state index is 12.9. The summed E-state index contributed by atoms with van der Waals surface area (Å²) in [7, 11) is -3.91. The van der Waals surface area contributed by atoms with E-state index in [1.54, 1.807) is 6.20 Å². The van der Waals surface area contributed by atoms with Crippen LogP contribution in [0.5, 0.6) is 0 Å². The first-order chi connectivity index (χ1) is 15.0. The summed E-state index contributed by atoms with van der Waals surface area (Å²) in [6.07, 6.45) is 8.80. The fourth-order valence-corrected chi connectivity index (χ4v) is 5.84. The molecule has 0 bridgehead atoms. The molecule has 1 aromatic carbocycles. The van der Waals surface area contributed by atoms with Crippen molar-refractivity contribution in [3.63, 3.8) is 0 Å². The van der Waals surface area contributed by atoms with Crippen LogP contribution in [0.2, 0.25) is 0 Å². The van der Waals surface area contributed by atoms with E-state index in [1.165, 1.54) is 28.5 Å². The van der Waals surface area contributed by atoms with Gasteiger partial charge in [-0.15, -0.1) is 0 Å². The molecule has 164 valence electrons. The van der Waals surface area contributed by atoms with E-state index in [-0.39, 0.29) is 5.03 Å². The van der Waals surface area contributed by atoms with Crippen LogP contribution in [0.1, 0.15) is 35.1 Å². The van der Waals surface area contributed by atoms with Gasteiger partial charge in [0.2, 0.25) is 15.7 Å². The predicted molar refractivity (Wildman–Crippen MR) is 116 cm³/mol. The number of aryl methyl sites for hydroxylation is 2. The Bertz CT molecular complexity index is 1090. The Labute approximate surface area is 181 Å². The predicted octanol–water partition coefficient (Wildman–Crippen LogP) is 1.70. The quantitative estimate of drug-likeness (QED) is 0.752. The second-order valence-electron chi connectivity index (χ2n) is 8.36. The molecule has 2 heterocycles. The molecule has 5 rings (SSSR count). The number of anilines is 2. The number of carbonyl (C=O) groups excluding carboxylic acids is 1. The first kappa shape index (κ1) is 20.4. The van der Waals surface area contributed by atoms with E-state index in [2.05, 4.69) is 21.4 Å². The minimum absolute atomic E-state index is 0.171. The van der Waals surface area contributed by atoms with Crippen molar-refractivity contribution in [3.05, 3.63) is 40.7 Å². The number of morpholine rings is 1. The van der Waals surface area contributed by atoms with Gasteiger partial charge in [-0.1, -0.05) is 6.07 Å². The van der Waals surface area contributed by atoms with Crippen LogP contribution >= 0.6 is 0 Å². The molecule has 1 amide bonds. The highest BCUT2D eigenvalue weighted by Crippen LogP contribution is 2.38. The second-order valence-corrected chi connectivity index (χ2v) is 10.3. The molecule has 31 heavy (non-hydrogen) atoms. The maximum Gasteiger partial charge on any atom is 0.240 e. The van der Waals surface area contributed by atoms with Crippen molar-refractivity contribution in [3.8, 4) is 0 Å². The van der Waals surface area contributed by atoms with Gasteiger partial charge in [-0.05, 0) is 60.8 Å². The molecule has 3 aliphatic rings. The highest BCUT2D eigenvalue weighted by Gasteiger charge is 2.28. The second kappa shape index (κ2) is 8.20. The van der Waals surface area contributed by atoms with Crippen LogP contribution in [-0.4, -0.2) is 56.3 Å². The van der Waals surface area contributed by atoms with Crippen LogP contribution in [-0.2, 0) is 45.1 Å². The number of aromatic nitrogens is 2. The van der Waals surface area contributed by atoms with Crippen LogP contribution in [0, 0.1) is 0 Å². The number of hydrogen-bond donors (Lipinski definition) is 1. The number of benzene rings is 1. The monoisotopic (exact) mass is 442 g/mol. The highest BCUT2D eigenvalue weighted by atomic mass is 32.2. The van der Waals surface area contributed by atoms with Gasteiger partial charge in [0.1, 0.15) is 11.6 Å². The van der Waals surface area contributed by atoms with Crippen molar-refractivity contribution in [2.45, 2.75) is 43.6 Å². The zero-order valence-corrected chi connectivity index (χ0v) is 18.2. The van der Waals surface area contributed by atoms with Gasteiger partial charge in [0.05, 0.1) is 25.6 Å². The van der Waals surface area contributed by atoms with Gasteiger partial charge in [-0.2, -0.15) is 0 Å². The number of hydrogen-bond acceptors (Lipinski definition) is 7. The first-order valence-electron chi connectivity index (χ1n) is 10.8. The molecule has 0 radical (unpaired) electrons. The van der Waals surface area contributed by atoms with Gasteiger partial charge in [0.25, 0.3) is 0 Å². The Morgan fingerprint density at radius 1 is 1.03 bits per heavy atom. The Morgan fingerprint density at radius 2 is 1.71 bits per heavy atom. The van der Waals surface area contributed by atoms with Gasteiger partial charge >= 0.3 is 0 Å². The third-order valence-electron chi connectivity index (χ3n) is 6.31. The largest absolute Gasteiger partial charge is 0.378 e. The lowest BCUT2D eigenvalue weighted by Crippen LogP contribution is -2.37. The molecule has 0 spiro atoms. The molecule has 2 aromatic rings. The maximum atomic E-state index is 12.9. The smallest absolute Gasteiger partial charge is 0.240 e. The standard InChI is InChI=1S/C22H26N4O4S/c27-20(25-22-17-5-1-3-15(17)11-16-4-2-6-18(16)22)14-31(28,29)21-13-23-12-19(24-21)26-7-9-30-10-8-26/h11-13H,1-10,14H2,(H,25,27). The van der Waals surface area contributed by atoms with Crippen molar-refractivity contribution in [2.24, 2.45) is 0 Å². The Morgan fingerprint density at radius 3 is 2.39 bits per heavy atom. The number of amides is 1. The van der Waals surface area contributed by atoms with Crippen LogP contribution in [0.4, 0.5) is 11.5 Å². The van der Waals surface area contributed by atoms with E-state index < -0.39 is 21.5 Å². The molecule has 1 aliphatic heterocycles. The number of ether oxygens (including phenoxy) is 1. The summed E-state index contributed by atoms with van der Waals surface area (Å²) in [5.74, 6) is -0.677. The number of carbonyl (C=O) groups is 1. The molecule has 1 saturated heterocycles. The van der Waals surface area contributed by atoms with Crippen molar-refractivity contribution >= 4 is 27.2 Å². The van der Waals surface area contributed by atoms with Gasteiger partial charge in [0, 0.05) is 18.8 Å². The minimum atomic E-state index is -3.91. The fourth-order valence-electron chi connectivity index (χ4n) is 4.82. The number of nitrogens with zero attached hydrogens (tertiary/aromatic N) is 3. The molecule has 0 atom stereocenters. The Balaban J connectivity index is 1.36. The lowest BCUT2D eigenvalue weighted by atomic mass is 9.98. The van der Waals surface area contributed by atoms with Gasteiger partial charge < -0.3 is 15.0 Å². The van der Waals surface area contributed by atoms with E-state index >= 15 is 0 Å². The van der Waals surface area contributed by atoms with E-state index in [1.807, 2.05) is 4.90 Å². The fraction of sp³-hybridized carbons (Fsp3) is 0.500. The highest BCUT2D eigenvalue weighted by molar-refractivity contribution is 7.92. The number of rotatable bonds is 5. The summed E-state index contributed by atoms with van der Waals surface area (Å²) < 4.78 is 31.2. The topological polar surface area (TPSA) is 101 Å². The van der Waals surface area contributed by atoms with Crippen LogP contribution in [0.3, 0.4) is 0 Å². The first-order valence-corrected chi connectivity index (χ1v) is 12.5. The third kappa shape index (κ3) is 4.04. The lowest BCUT2D eigenvalue weighted by Gasteiger charge is -2.27. The van der Waals surface area contributed by atoms with E-state index in [9.17, 15) is 13.2 Å². The molecule has 1 fully saturated rings. The van der Waals surface area contributed by atoms with Crippen molar-refractivity contribution in [1.82, 2.24) is 9.97 Å². The molecule has 1 N–H and O–H groups in total.